The van der Waals surface area contributed by atoms with Gasteiger partial charge in [0, 0.05) is 0 Å². The minimum Gasteiger partial charge on any atom is -0.204 e. The highest BCUT2D eigenvalue weighted by Gasteiger charge is 2.47. The third-order valence-electron chi connectivity index (χ3n) is 4.41. The molecule has 2 heteroatoms. The summed E-state index contributed by atoms with van der Waals surface area (Å²) in [6, 6.07) is 2.87. The molecule has 2 bridgehead atoms. The largest absolute Gasteiger partial charge is 0.204 e. The molecular formula is C14H16F2. The second-order valence-corrected chi connectivity index (χ2v) is 5.51. The van der Waals surface area contributed by atoms with Crippen molar-refractivity contribution in [2.45, 2.75) is 38.5 Å². The quantitative estimate of drug-likeness (QED) is 0.667. The number of hydrogen-bond acceptors (Lipinski definition) is 0. The molecule has 0 heterocycles. The Bertz CT molecular complexity index is 400. The standard InChI is InChI=1S/C14H16F2/c1-7(2)14-8-3-4-9(14)11-6-13(16)12(15)5-10(8)11/h5-9,14H,3-4H2,1-2H3. The smallest absolute Gasteiger partial charge is 0.159 e. The lowest BCUT2D eigenvalue weighted by molar-refractivity contribution is 0.352. The van der Waals surface area contributed by atoms with Crippen molar-refractivity contribution in [2.75, 3.05) is 0 Å². The molecule has 2 aliphatic rings. The second-order valence-electron chi connectivity index (χ2n) is 5.51. The molecule has 2 unspecified atom stereocenters. The van der Waals surface area contributed by atoms with Gasteiger partial charge in [0.1, 0.15) is 0 Å². The highest BCUT2D eigenvalue weighted by atomic mass is 19.2. The second kappa shape index (κ2) is 3.28. The van der Waals surface area contributed by atoms with Crippen LogP contribution in [-0.4, -0.2) is 0 Å². The Morgan fingerprint density at radius 1 is 1.00 bits per heavy atom. The van der Waals surface area contributed by atoms with Gasteiger partial charge < -0.3 is 0 Å². The number of halogens is 2. The van der Waals surface area contributed by atoms with Gasteiger partial charge in [0.05, 0.1) is 0 Å². The van der Waals surface area contributed by atoms with E-state index in [1.807, 2.05) is 0 Å². The zero-order valence-electron chi connectivity index (χ0n) is 9.63. The molecule has 1 saturated carbocycles. The summed E-state index contributed by atoms with van der Waals surface area (Å²) in [7, 11) is 0. The van der Waals surface area contributed by atoms with E-state index in [0.717, 1.165) is 24.0 Å². The molecule has 3 rings (SSSR count). The Hall–Kier alpha value is -0.920. The van der Waals surface area contributed by atoms with E-state index in [1.165, 1.54) is 12.1 Å². The molecule has 0 aliphatic heterocycles. The molecule has 1 aromatic carbocycles. The lowest BCUT2D eigenvalue weighted by atomic mass is 9.85. The molecule has 0 amide bonds. The number of rotatable bonds is 1. The van der Waals surface area contributed by atoms with Crippen LogP contribution in [0, 0.1) is 23.5 Å². The monoisotopic (exact) mass is 222 g/mol. The van der Waals surface area contributed by atoms with E-state index < -0.39 is 11.6 Å². The molecule has 16 heavy (non-hydrogen) atoms. The maximum Gasteiger partial charge on any atom is 0.159 e. The lowest BCUT2D eigenvalue weighted by Gasteiger charge is -2.19. The predicted molar refractivity (Wildman–Crippen MR) is 59.4 cm³/mol. The van der Waals surface area contributed by atoms with E-state index in [2.05, 4.69) is 13.8 Å². The molecule has 1 fully saturated rings. The summed E-state index contributed by atoms with van der Waals surface area (Å²) >= 11 is 0. The van der Waals surface area contributed by atoms with E-state index >= 15 is 0 Å². The lowest BCUT2D eigenvalue weighted by Crippen LogP contribution is -2.11. The molecule has 0 aromatic heterocycles. The summed E-state index contributed by atoms with van der Waals surface area (Å²) in [5, 5.41) is 0. The van der Waals surface area contributed by atoms with Gasteiger partial charge in [0.2, 0.25) is 0 Å². The van der Waals surface area contributed by atoms with Gasteiger partial charge in [-0.3, -0.25) is 0 Å². The third kappa shape index (κ3) is 1.19. The van der Waals surface area contributed by atoms with Gasteiger partial charge in [-0.15, -0.1) is 0 Å². The number of hydrogen-bond donors (Lipinski definition) is 0. The fourth-order valence-electron chi connectivity index (χ4n) is 3.90. The van der Waals surface area contributed by atoms with Crippen LogP contribution in [0.5, 0.6) is 0 Å². The highest BCUT2D eigenvalue weighted by Crippen LogP contribution is 2.59. The first-order valence-electron chi connectivity index (χ1n) is 6.08. The van der Waals surface area contributed by atoms with E-state index in [0.29, 0.717) is 23.7 Å². The third-order valence-corrected chi connectivity index (χ3v) is 4.41. The average molecular weight is 222 g/mol. The molecule has 0 nitrogen and oxygen atoms in total. The van der Waals surface area contributed by atoms with Crippen LogP contribution >= 0.6 is 0 Å². The summed E-state index contributed by atoms with van der Waals surface area (Å²) in [6.45, 7) is 4.43. The zero-order valence-corrected chi connectivity index (χ0v) is 9.63. The Morgan fingerprint density at radius 3 is 1.81 bits per heavy atom. The Morgan fingerprint density at radius 2 is 1.44 bits per heavy atom. The van der Waals surface area contributed by atoms with Crippen molar-refractivity contribution < 1.29 is 8.78 Å². The van der Waals surface area contributed by atoms with Crippen LogP contribution in [-0.2, 0) is 0 Å². The van der Waals surface area contributed by atoms with Crippen LogP contribution in [0.25, 0.3) is 0 Å². The SMILES string of the molecule is CC(C)C1C2CCC1c1cc(F)c(F)cc12. The fraction of sp³-hybridized carbons (Fsp3) is 0.571. The Kier molecular flexibility index (Phi) is 2.10. The fourth-order valence-corrected chi connectivity index (χ4v) is 3.90. The van der Waals surface area contributed by atoms with E-state index in [1.54, 1.807) is 0 Å². The molecule has 1 aromatic rings. The van der Waals surface area contributed by atoms with Gasteiger partial charge >= 0.3 is 0 Å². The van der Waals surface area contributed by atoms with Gasteiger partial charge in [-0.25, -0.2) is 8.78 Å². The highest BCUT2D eigenvalue weighted by molar-refractivity contribution is 5.43. The first kappa shape index (κ1) is 10.2. The van der Waals surface area contributed by atoms with Gasteiger partial charge in [-0.05, 0) is 59.8 Å². The van der Waals surface area contributed by atoms with Gasteiger partial charge in [-0.2, -0.15) is 0 Å². The van der Waals surface area contributed by atoms with Crippen LogP contribution in [0.3, 0.4) is 0 Å². The summed E-state index contributed by atoms with van der Waals surface area (Å²) in [4.78, 5) is 0. The van der Waals surface area contributed by atoms with Crippen LogP contribution in [0.1, 0.15) is 49.7 Å². The number of fused-ring (bicyclic) bond motifs is 5. The molecule has 2 aliphatic carbocycles. The minimum atomic E-state index is -0.686. The molecule has 0 radical (unpaired) electrons. The van der Waals surface area contributed by atoms with E-state index in [-0.39, 0.29) is 0 Å². The number of benzene rings is 1. The van der Waals surface area contributed by atoms with Gasteiger partial charge in [-0.1, -0.05) is 13.8 Å². The van der Waals surface area contributed by atoms with Crippen molar-refractivity contribution in [2.24, 2.45) is 11.8 Å². The van der Waals surface area contributed by atoms with Crippen LogP contribution in [0.15, 0.2) is 12.1 Å². The molecular weight excluding hydrogens is 206 g/mol. The van der Waals surface area contributed by atoms with Crippen LogP contribution < -0.4 is 0 Å². The van der Waals surface area contributed by atoms with Crippen molar-refractivity contribution in [1.82, 2.24) is 0 Å². The molecule has 2 atom stereocenters. The minimum absolute atomic E-state index is 0.468. The molecule has 0 saturated heterocycles. The molecule has 0 spiro atoms. The van der Waals surface area contributed by atoms with Crippen molar-refractivity contribution in [3.8, 4) is 0 Å². The Labute approximate surface area is 94.7 Å². The van der Waals surface area contributed by atoms with E-state index in [9.17, 15) is 8.78 Å². The average Bonchev–Trinajstić information content (AvgIpc) is 2.75. The van der Waals surface area contributed by atoms with Crippen molar-refractivity contribution in [3.63, 3.8) is 0 Å². The molecule has 86 valence electrons. The van der Waals surface area contributed by atoms with Crippen LogP contribution in [0.2, 0.25) is 0 Å². The summed E-state index contributed by atoms with van der Waals surface area (Å²) in [5.74, 6) is 0.750. The van der Waals surface area contributed by atoms with Crippen molar-refractivity contribution in [1.29, 1.82) is 0 Å². The summed E-state index contributed by atoms with van der Waals surface area (Å²) in [6.07, 6.45) is 2.29. The predicted octanol–water partition coefficient (Wildman–Crippen LogP) is 4.21. The normalized spacial score (nSPS) is 31.2. The van der Waals surface area contributed by atoms with Gasteiger partial charge in [0.25, 0.3) is 0 Å². The van der Waals surface area contributed by atoms with Crippen molar-refractivity contribution >= 4 is 0 Å². The molecule has 0 N–H and O–H groups in total. The Balaban J connectivity index is 2.12. The zero-order chi connectivity index (χ0) is 11.4. The van der Waals surface area contributed by atoms with Gasteiger partial charge in [0.15, 0.2) is 11.6 Å². The van der Waals surface area contributed by atoms with E-state index in [4.69, 9.17) is 0 Å². The first-order chi connectivity index (χ1) is 7.59. The summed E-state index contributed by atoms with van der Waals surface area (Å²) in [5.41, 5.74) is 2.16. The van der Waals surface area contributed by atoms with Crippen molar-refractivity contribution in [3.05, 3.63) is 34.9 Å². The van der Waals surface area contributed by atoms with Crippen LogP contribution in [0.4, 0.5) is 8.78 Å². The first-order valence-corrected chi connectivity index (χ1v) is 6.08. The topological polar surface area (TPSA) is 0 Å². The summed E-state index contributed by atoms with van der Waals surface area (Å²) < 4.78 is 26.5. The maximum atomic E-state index is 13.3. The maximum absolute atomic E-state index is 13.3.